The Hall–Kier alpha value is -2.02. The average Bonchev–Trinajstić information content (AvgIpc) is 2.97. The highest BCUT2D eigenvalue weighted by molar-refractivity contribution is 6.30. The molecule has 2 aromatic rings. The molecule has 8 heteroatoms. The van der Waals surface area contributed by atoms with Crippen molar-refractivity contribution in [1.82, 2.24) is 14.9 Å². The van der Waals surface area contributed by atoms with Crippen LogP contribution in [0.25, 0.3) is 0 Å². The van der Waals surface area contributed by atoms with E-state index in [0.717, 1.165) is 0 Å². The standard InChI is InChI=1S/C14H13ClF3N3O/c1-9(21-7-6-19-8-21)13(22)20-12(14(16,17)18)10-2-4-11(15)5-3-10/h2-9,12H,1H3,(H,20,22)/t9-,12-/m0/s1. The van der Waals surface area contributed by atoms with E-state index < -0.39 is 24.2 Å². The van der Waals surface area contributed by atoms with Crippen LogP contribution in [0.1, 0.15) is 24.6 Å². The first-order valence-corrected chi connectivity index (χ1v) is 6.77. The van der Waals surface area contributed by atoms with E-state index in [9.17, 15) is 18.0 Å². The minimum absolute atomic E-state index is 0.0805. The second-order valence-corrected chi connectivity index (χ2v) is 5.16. The summed E-state index contributed by atoms with van der Waals surface area (Å²) >= 11 is 5.68. The number of hydrogen-bond donors (Lipinski definition) is 1. The van der Waals surface area contributed by atoms with Crippen LogP contribution >= 0.6 is 11.6 Å². The number of imidazole rings is 1. The molecule has 1 N–H and O–H groups in total. The number of alkyl halides is 3. The Labute approximate surface area is 129 Å². The third-order valence-electron chi connectivity index (χ3n) is 3.17. The molecular weight excluding hydrogens is 319 g/mol. The summed E-state index contributed by atoms with van der Waals surface area (Å²) in [5.74, 6) is -0.754. The predicted octanol–water partition coefficient (Wildman–Crippen LogP) is 3.52. The van der Waals surface area contributed by atoms with Crippen molar-refractivity contribution in [2.24, 2.45) is 0 Å². The number of benzene rings is 1. The molecule has 1 amide bonds. The summed E-state index contributed by atoms with van der Waals surface area (Å²) in [6.07, 6.45) is -0.285. The molecule has 1 aromatic carbocycles. The lowest BCUT2D eigenvalue weighted by molar-refractivity contribution is -0.164. The van der Waals surface area contributed by atoms with Crippen molar-refractivity contribution in [3.05, 3.63) is 53.6 Å². The van der Waals surface area contributed by atoms with Gasteiger partial charge in [0.1, 0.15) is 6.04 Å². The molecule has 4 nitrogen and oxygen atoms in total. The summed E-state index contributed by atoms with van der Waals surface area (Å²) in [6, 6.07) is 2.27. The topological polar surface area (TPSA) is 46.9 Å². The van der Waals surface area contributed by atoms with Gasteiger partial charge in [-0.3, -0.25) is 4.79 Å². The summed E-state index contributed by atoms with van der Waals surface area (Å²) in [5.41, 5.74) is -0.0805. The highest BCUT2D eigenvalue weighted by Crippen LogP contribution is 2.33. The van der Waals surface area contributed by atoms with Crippen molar-refractivity contribution in [2.75, 3.05) is 0 Å². The Morgan fingerprint density at radius 2 is 1.95 bits per heavy atom. The fraction of sp³-hybridized carbons (Fsp3) is 0.286. The van der Waals surface area contributed by atoms with Crippen LogP contribution in [-0.2, 0) is 4.79 Å². The van der Waals surface area contributed by atoms with E-state index in [2.05, 4.69) is 4.98 Å². The molecule has 118 valence electrons. The van der Waals surface area contributed by atoms with Gasteiger partial charge in [0.25, 0.3) is 0 Å². The van der Waals surface area contributed by atoms with Crippen LogP contribution in [0, 0.1) is 0 Å². The maximum absolute atomic E-state index is 13.2. The van der Waals surface area contributed by atoms with Crippen LogP contribution in [0.3, 0.4) is 0 Å². The van der Waals surface area contributed by atoms with Crippen LogP contribution in [-0.4, -0.2) is 21.6 Å². The molecule has 0 saturated carbocycles. The van der Waals surface area contributed by atoms with Gasteiger partial charge in [0.2, 0.25) is 5.91 Å². The van der Waals surface area contributed by atoms with E-state index in [-0.39, 0.29) is 5.56 Å². The van der Waals surface area contributed by atoms with E-state index in [4.69, 9.17) is 11.6 Å². The minimum atomic E-state index is -4.61. The molecule has 0 spiro atoms. The van der Waals surface area contributed by atoms with Crippen molar-refractivity contribution < 1.29 is 18.0 Å². The third-order valence-corrected chi connectivity index (χ3v) is 3.42. The van der Waals surface area contributed by atoms with Crippen molar-refractivity contribution in [1.29, 1.82) is 0 Å². The second-order valence-electron chi connectivity index (χ2n) is 4.72. The molecule has 0 fully saturated rings. The SMILES string of the molecule is C[C@@H](C(=O)N[C@@H](c1ccc(Cl)cc1)C(F)(F)F)n1ccnc1. The predicted molar refractivity (Wildman–Crippen MR) is 75.3 cm³/mol. The van der Waals surface area contributed by atoms with Gasteiger partial charge in [0.15, 0.2) is 6.04 Å². The number of carbonyl (C=O) groups is 1. The summed E-state index contributed by atoms with van der Waals surface area (Å²) in [7, 11) is 0. The average molecular weight is 332 g/mol. The monoisotopic (exact) mass is 331 g/mol. The fourth-order valence-electron chi connectivity index (χ4n) is 1.91. The molecule has 0 unspecified atom stereocenters. The van der Waals surface area contributed by atoms with Crippen molar-refractivity contribution in [2.45, 2.75) is 25.2 Å². The number of carbonyl (C=O) groups excluding carboxylic acids is 1. The van der Waals surface area contributed by atoms with Crippen molar-refractivity contribution in [3.8, 4) is 0 Å². The van der Waals surface area contributed by atoms with Gasteiger partial charge in [0, 0.05) is 17.4 Å². The minimum Gasteiger partial charge on any atom is -0.339 e. The lowest BCUT2D eigenvalue weighted by Crippen LogP contribution is -2.41. The molecule has 1 heterocycles. The van der Waals surface area contributed by atoms with E-state index in [0.29, 0.717) is 5.02 Å². The van der Waals surface area contributed by atoms with Gasteiger partial charge in [-0.2, -0.15) is 13.2 Å². The molecule has 2 atom stereocenters. The van der Waals surface area contributed by atoms with Crippen LogP contribution < -0.4 is 5.32 Å². The van der Waals surface area contributed by atoms with Gasteiger partial charge in [-0.25, -0.2) is 4.98 Å². The highest BCUT2D eigenvalue weighted by Gasteiger charge is 2.42. The second kappa shape index (κ2) is 6.39. The van der Waals surface area contributed by atoms with Crippen molar-refractivity contribution >= 4 is 17.5 Å². The molecule has 0 aliphatic rings. The van der Waals surface area contributed by atoms with Gasteiger partial charge in [-0.1, -0.05) is 23.7 Å². The first-order valence-electron chi connectivity index (χ1n) is 6.39. The molecule has 0 radical (unpaired) electrons. The van der Waals surface area contributed by atoms with Crippen LogP contribution in [0.2, 0.25) is 5.02 Å². The molecule has 2 rings (SSSR count). The fourth-order valence-corrected chi connectivity index (χ4v) is 2.03. The third kappa shape index (κ3) is 3.79. The smallest absolute Gasteiger partial charge is 0.339 e. The number of amides is 1. The molecular formula is C14H13ClF3N3O. The summed E-state index contributed by atoms with van der Waals surface area (Å²) < 4.78 is 41.0. The number of aromatic nitrogens is 2. The lowest BCUT2D eigenvalue weighted by atomic mass is 10.1. The number of nitrogens with zero attached hydrogens (tertiary/aromatic N) is 2. The van der Waals surface area contributed by atoms with Gasteiger partial charge in [-0.05, 0) is 24.6 Å². The Kier molecular flexibility index (Phi) is 4.75. The Balaban J connectivity index is 2.20. The van der Waals surface area contributed by atoms with E-state index in [1.807, 2.05) is 5.32 Å². The van der Waals surface area contributed by atoms with Crippen molar-refractivity contribution in [3.63, 3.8) is 0 Å². The molecule has 0 aliphatic carbocycles. The largest absolute Gasteiger partial charge is 0.412 e. The van der Waals surface area contributed by atoms with E-state index in [1.165, 1.54) is 54.5 Å². The van der Waals surface area contributed by atoms with Crippen LogP contribution in [0.5, 0.6) is 0 Å². The molecule has 22 heavy (non-hydrogen) atoms. The molecule has 0 saturated heterocycles. The Morgan fingerprint density at radius 1 is 1.32 bits per heavy atom. The maximum Gasteiger partial charge on any atom is 0.412 e. The quantitative estimate of drug-likeness (QED) is 0.931. The van der Waals surface area contributed by atoms with E-state index in [1.54, 1.807) is 0 Å². The Morgan fingerprint density at radius 3 is 2.45 bits per heavy atom. The zero-order chi connectivity index (χ0) is 16.3. The molecule has 0 aliphatic heterocycles. The molecule has 1 aromatic heterocycles. The highest BCUT2D eigenvalue weighted by atomic mass is 35.5. The maximum atomic E-state index is 13.2. The van der Waals surface area contributed by atoms with Crippen LogP contribution in [0.15, 0.2) is 43.0 Å². The zero-order valence-electron chi connectivity index (χ0n) is 11.5. The normalized spacial score (nSPS) is 14.4. The summed E-state index contributed by atoms with van der Waals surface area (Å²) in [6.45, 7) is 1.49. The lowest BCUT2D eigenvalue weighted by Gasteiger charge is -2.24. The zero-order valence-corrected chi connectivity index (χ0v) is 12.3. The molecule has 0 bridgehead atoms. The first-order chi connectivity index (χ1) is 10.3. The number of nitrogens with one attached hydrogen (secondary N) is 1. The Bertz CT molecular complexity index is 626. The van der Waals surface area contributed by atoms with Gasteiger partial charge < -0.3 is 9.88 Å². The van der Waals surface area contributed by atoms with E-state index >= 15 is 0 Å². The first kappa shape index (κ1) is 16.4. The summed E-state index contributed by atoms with van der Waals surface area (Å²) in [4.78, 5) is 15.8. The number of hydrogen-bond acceptors (Lipinski definition) is 2. The van der Waals surface area contributed by atoms with Gasteiger partial charge in [0.05, 0.1) is 6.33 Å². The number of halogens is 4. The van der Waals surface area contributed by atoms with Crippen LogP contribution in [0.4, 0.5) is 13.2 Å². The number of rotatable bonds is 4. The van der Waals surface area contributed by atoms with Gasteiger partial charge >= 0.3 is 6.18 Å². The summed E-state index contributed by atoms with van der Waals surface area (Å²) in [5, 5.41) is 2.35. The van der Waals surface area contributed by atoms with Gasteiger partial charge in [-0.15, -0.1) is 0 Å².